The molecule has 2 aliphatic rings. The number of hydrogen-bond acceptors (Lipinski definition) is 3. The van der Waals surface area contributed by atoms with Crippen LogP contribution in [-0.4, -0.2) is 36.2 Å². The normalized spacial score (nSPS) is 39.6. The van der Waals surface area contributed by atoms with E-state index in [1.807, 2.05) is 0 Å². The first-order chi connectivity index (χ1) is 6.31. The molecule has 72 valence electrons. The van der Waals surface area contributed by atoms with Gasteiger partial charge in [-0.2, -0.15) is 0 Å². The molecule has 0 aliphatic carbocycles. The van der Waals surface area contributed by atoms with Gasteiger partial charge in [0.1, 0.15) is 0 Å². The molecule has 2 fully saturated rings. The molecule has 3 unspecified atom stereocenters. The highest BCUT2D eigenvalue weighted by atomic mass is 15.4. The van der Waals surface area contributed by atoms with E-state index in [-0.39, 0.29) is 6.04 Å². The second-order valence-corrected chi connectivity index (χ2v) is 3.90. The lowest BCUT2D eigenvalue weighted by atomic mass is 10.1. The van der Waals surface area contributed by atoms with Crippen molar-refractivity contribution in [3.8, 4) is 0 Å². The van der Waals surface area contributed by atoms with Gasteiger partial charge in [0.05, 0.1) is 12.2 Å². The molecular formula is C8H15N5. The lowest BCUT2D eigenvalue weighted by Crippen LogP contribution is -2.51. The summed E-state index contributed by atoms with van der Waals surface area (Å²) in [5.41, 5.74) is 8.35. The van der Waals surface area contributed by atoms with Gasteiger partial charge >= 0.3 is 0 Å². The molecule has 0 aromatic rings. The second kappa shape index (κ2) is 3.54. The van der Waals surface area contributed by atoms with Crippen LogP contribution in [0.15, 0.2) is 5.11 Å². The highest BCUT2D eigenvalue weighted by molar-refractivity contribution is 4.93. The van der Waals surface area contributed by atoms with E-state index in [1.54, 1.807) is 0 Å². The molecule has 0 amide bonds. The minimum Gasteiger partial charge on any atom is -0.302 e. The lowest BCUT2D eigenvalue weighted by Gasteiger charge is -2.36. The van der Waals surface area contributed by atoms with E-state index in [2.05, 4.69) is 27.2 Å². The van der Waals surface area contributed by atoms with Crippen LogP contribution in [0.25, 0.3) is 10.4 Å². The van der Waals surface area contributed by atoms with Gasteiger partial charge in [0.15, 0.2) is 0 Å². The predicted molar refractivity (Wildman–Crippen MR) is 50.1 cm³/mol. The number of nitrogens with zero attached hydrogens (tertiary/aromatic N) is 4. The van der Waals surface area contributed by atoms with Crippen molar-refractivity contribution in [1.29, 1.82) is 0 Å². The summed E-state index contributed by atoms with van der Waals surface area (Å²) in [7, 11) is 0. The van der Waals surface area contributed by atoms with Crippen LogP contribution in [0.4, 0.5) is 0 Å². The van der Waals surface area contributed by atoms with Crippen molar-refractivity contribution in [3.63, 3.8) is 0 Å². The van der Waals surface area contributed by atoms with Crippen LogP contribution in [0.1, 0.15) is 19.8 Å². The molecule has 0 saturated carbocycles. The topological polar surface area (TPSA) is 64.0 Å². The van der Waals surface area contributed by atoms with Crippen molar-refractivity contribution < 1.29 is 0 Å². The Balaban J connectivity index is 2.03. The summed E-state index contributed by atoms with van der Waals surface area (Å²) >= 11 is 0. The van der Waals surface area contributed by atoms with E-state index in [1.165, 1.54) is 6.42 Å². The lowest BCUT2D eigenvalue weighted by molar-refractivity contribution is 0.120. The molecule has 3 atom stereocenters. The first-order valence-corrected chi connectivity index (χ1v) is 4.84. The third-order valence-electron chi connectivity index (χ3n) is 3.04. The molecule has 2 heterocycles. The largest absolute Gasteiger partial charge is 0.302 e. The van der Waals surface area contributed by atoms with E-state index in [0.717, 1.165) is 19.5 Å². The molecule has 5 nitrogen and oxygen atoms in total. The molecule has 0 aromatic carbocycles. The summed E-state index contributed by atoms with van der Waals surface area (Å²) in [5.74, 6) is 0. The van der Waals surface area contributed by atoms with Crippen molar-refractivity contribution in [2.75, 3.05) is 13.1 Å². The average molecular weight is 181 g/mol. The molecule has 0 spiro atoms. The Morgan fingerprint density at radius 2 is 2.46 bits per heavy atom. The maximum atomic E-state index is 8.35. The molecule has 0 radical (unpaired) electrons. The fourth-order valence-corrected chi connectivity index (χ4v) is 2.31. The Morgan fingerprint density at radius 1 is 1.62 bits per heavy atom. The number of hydrogen-bond donors (Lipinski definition) is 1. The van der Waals surface area contributed by atoms with E-state index >= 15 is 0 Å². The third-order valence-corrected chi connectivity index (χ3v) is 3.04. The summed E-state index contributed by atoms with van der Waals surface area (Å²) in [6.45, 7) is 4.25. The van der Waals surface area contributed by atoms with Crippen LogP contribution in [0, 0.1) is 0 Å². The molecular weight excluding hydrogens is 166 g/mol. The van der Waals surface area contributed by atoms with Gasteiger partial charge in [0.25, 0.3) is 0 Å². The molecule has 13 heavy (non-hydrogen) atoms. The fraction of sp³-hybridized carbons (Fsp3) is 1.00. The SMILES string of the molecule is CC1CCNC2CC(N=[N+]=[N-])CN12. The number of rotatable bonds is 1. The van der Waals surface area contributed by atoms with Crippen LogP contribution in [0.3, 0.4) is 0 Å². The van der Waals surface area contributed by atoms with Crippen molar-refractivity contribution in [2.45, 2.75) is 38.0 Å². The molecule has 2 saturated heterocycles. The van der Waals surface area contributed by atoms with Crippen LogP contribution < -0.4 is 5.32 Å². The zero-order valence-corrected chi connectivity index (χ0v) is 7.85. The highest BCUT2D eigenvalue weighted by Crippen LogP contribution is 2.24. The first kappa shape index (κ1) is 8.81. The van der Waals surface area contributed by atoms with Gasteiger partial charge in [0, 0.05) is 17.5 Å². The Labute approximate surface area is 77.7 Å². The minimum absolute atomic E-state index is 0.169. The number of fused-ring (bicyclic) bond motifs is 1. The Hall–Kier alpha value is -0.770. The van der Waals surface area contributed by atoms with Crippen molar-refractivity contribution in [1.82, 2.24) is 10.2 Å². The van der Waals surface area contributed by atoms with Crippen molar-refractivity contribution >= 4 is 0 Å². The Kier molecular flexibility index (Phi) is 2.40. The summed E-state index contributed by atoms with van der Waals surface area (Å²) in [6, 6.07) is 0.799. The third kappa shape index (κ3) is 1.63. The number of nitrogens with one attached hydrogen (secondary N) is 1. The number of azide groups is 1. The van der Waals surface area contributed by atoms with Crippen LogP contribution in [0.5, 0.6) is 0 Å². The van der Waals surface area contributed by atoms with E-state index in [4.69, 9.17) is 5.53 Å². The van der Waals surface area contributed by atoms with Crippen LogP contribution in [0.2, 0.25) is 0 Å². The average Bonchev–Trinajstić information content (AvgIpc) is 2.49. The summed E-state index contributed by atoms with van der Waals surface area (Å²) in [6.07, 6.45) is 2.60. The van der Waals surface area contributed by atoms with Crippen LogP contribution in [-0.2, 0) is 0 Å². The van der Waals surface area contributed by atoms with Gasteiger partial charge in [-0.25, -0.2) is 0 Å². The smallest absolute Gasteiger partial charge is 0.0604 e. The summed E-state index contributed by atoms with van der Waals surface area (Å²) < 4.78 is 0. The fourth-order valence-electron chi connectivity index (χ4n) is 2.31. The van der Waals surface area contributed by atoms with E-state index in [0.29, 0.717) is 12.2 Å². The molecule has 5 heteroatoms. The zero-order chi connectivity index (χ0) is 9.26. The monoisotopic (exact) mass is 181 g/mol. The maximum Gasteiger partial charge on any atom is 0.0604 e. The second-order valence-electron chi connectivity index (χ2n) is 3.90. The van der Waals surface area contributed by atoms with E-state index in [9.17, 15) is 0 Å². The maximum absolute atomic E-state index is 8.35. The van der Waals surface area contributed by atoms with Gasteiger partial charge in [-0.1, -0.05) is 5.11 Å². The van der Waals surface area contributed by atoms with Gasteiger partial charge < -0.3 is 5.32 Å². The Bertz CT molecular complexity index is 235. The molecule has 1 N–H and O–H groups in total. The van der Waals surface area contributed by atoms with Crippen molar-refractivity contribution in [3.05, 3.63) is 10.4 Å². The standard InChI is InChI=1S/C8H15N5/c1-6-2-3-10-8-4-7(11-12-9)5-13(6)8/h6-8,10H,2-5H2,1H3. The molecule has 2 aliphatic heterocycles. The Morgan fingerprint density at radius 3 is 3.15 bits per heavy atom. The molecule has 2 rings (SSSR count). The van der Waals surface area contributed by atoms with Gasteiger partial charge in [0.2, 0.25) is 0 Å². The van der Waals surface area contributed by atoms with Crippen molar-refractivity contribution in [2.24, 2.45) is 5.11 Å². The van der Waals surface area contributed by atoms with E-state index < -0.39 is 0 Å². The quantitative estimate of drug-likeness (QED) is 0.373. The predicted octanol–water partition coefficient (Wildman–Crippen LogP) is 1.08. The van der Waals surface area contributed by atoms with Gasteiger partial charge in [-0.15, -0.1) is 0 Å². The summed E-state index contributed by atoms with van der Waals surface area (Å²) in [5, 5.41) is 7.22. The summed E-state index contributed by atoms with van der Waals surface area (Å²) in [4.78, 5) is 5.28. The van der Waals surface area contributed by atoms with Crippen LogP contribution >= 0.6 is 0 Å². The minimum atomic E-state index is 0.169. The first-order valence-electron chi connectivity index (χ1n) is 4.84. The molecule has 0 aromatic heterocycles. The van der Waals surface area contributed by atoms with Gasteiger partial charge in [-0.3, -0.25) is 4.90 Å². The van der Waals surface area contributed by atoms with Gasteiger partial charge in [-0.05, 0) is 31.8 Å². The zero-order valence-electron chi connectivity index (χ0n) is 7.85. The molecule has 0 bridgehead atoms. The highest BCUT2D eigenvalue weighted by Gasteiger charge is 2.36.